The number of nitrogens with zero attached hydrogens (tertiary/aromatic N) is 2. The molecule has 0 fully saturated rings. The van der Waals surface area contributed by atoms with Gasteiger partial charge in [0.2, 0.25) is 5.78 Å². The number of Topliss-reactive ketones (excluding diaryl/α,β-unsaturated/α-hetero) is 1. The Morgan fingerprint density at radius 1 is 1.11 bits per heavy atom. The number of aromatic nitrogens is 1. The van der Waals surface area contributed by atoms with E-state index in [0.717, 1.165) is 10.1 Å². The molecule has 6 rings (SSSR count). The van der Waals surface area contributed by atoms with Gasteiger partial charge < -0.3 is 18.7 Å². The minimum absolute atomic E-state index is 0.0183. The number of methoxy groups -OCH3 is 1. The molecule has 0 radical (unpaired) electrons. The van der Waals surface area contributed by atoms with E-state index in [1.54, 1.807) is 56.5 Å². The summed E-state index contributed by atoms with van der Waals surface area (Å²) in [7, 11) is 1.57. The van der Waals surface area contributed by atoms with Crippen molar-refractivity contribution in [1.29, 1.82) is 0 Å². The first-order valence-corrected chi connectivity index (χ1v) is 11.6. The highest BCUT2D eigenvalue weighted by Gasteiger charge is 2.48. The Labute approximate surface area is 202 Å². The Bertz CT molecular complexity index is 1640. The first-order valence-electron chi connectivity index (χ1n) is 10.8. The Morgan fingerprint density at radius 3 is 2.69 bits per heavy atom. The molecule has 1 N–H and O–H groups in total. The summed E-state index contributed by atoms with van der Waals surface area (Å²) in [4.78, 5) is 32.9. The fourth-order valence-electron chi connectivity index (χ4n) is 4.25. The molecule has 1 aliphatic heterocycles. The van der Waals surface area contributed by atoms with E-state index in [1.807, 2.05) is 18.2 Å². The molecular weight excluding hydrogens is 468 g/mol. The molecule has 0 aliphatic carbocycles. The van der Waals surface area contributed by atoms with Crippen molar-refractivity contribution < 1.29 is 28.3 Å². The van der Waals surface area contributed by atoms with Crippen LogP contribution >= 0.6 is 11.3 Å². The number of fused-ring (bicyclic) bond motifs is 2. The number of aliphatic hydroxyl groups excluding tert-OH is 1. The van der Waals surface area contributed by atoms with Crippen molar-refractivity contribution in [3.05, 3.63) is 89.3 Å². The average Bonchev–Trinajstić information content (AvgIpc) is 3.63. The third kappa shape index (κ3) is 3.31. The fourth-order valence-corrected chi connectivity index (χ4v) is 5.27. The molecule has 0 saturated heterocycles. The molecule has 1 aliphatic rings. The molecule has 2 aromatic carbocycles. The number of benzene rings is 2. The molecule has 9 heteroatoms. The Hall–Kier alpha value is -4.37. The highest BCUT2D eigenvalue weighted by Crippen LogP contribution is 2.45. The van der Waals surface area contributed by atoms with E-state index < -0.39 is 23.5 Å². The van der Waals surface area contributed by atoms with Gasteiger partial charge in [-0.15, -0.1) is 0 Å². The van der Waals surface area contributed by atoms with E-state index in [0.29, 0.717) is 33.5 Å². The molecular formula is C26H18N2O6S. The molecule has 0 unspecified atom stereocenters. The van der Waals surface area contributed by atoms with Crippen LogP contribution < -0.4 is 9.64 Å². The molecule has 0 saturated carbocycles. The summed E-state index contributed by atoms with van der Waals surface area (Å²) < 4.78 is 17.7. The predicted octanol–water partition coefficient (Wildman–Crippen LogP) is 5.74. The van der Waals surface area contributed by atoms with Crippen molar-refractivity contribution in [2.45, 2.75) is 13.0 Å². The van der Waals surface area contributed by atoms with Gasteiger partial charge in [-0.2, -0.15) is 0 Å². The fraction of sp³-hybridized carbons (Fsp3) is 0.115. The van der Waals surface area contributed by atoms with Gasteiger partial charge in [0.1, 0.15) is 28.9 Å². The number of aryl methyl sites for hydroxylation is 1. The minimum atomic E-state index is -1.01. The van der Waals surface area contributed by atoms with Crippen LogP contribution in [-0.2, 0) is 4.79 Å². The van der Waals surface area contributed by atoms with E-state index in [4.69, 9.17) is 13.6 Å². The number of furan rings is 2. The monoisotopic (exact) mass is 486 g/mol. The predicted molar refractivity (Wildman–Crippen MR) is 130 cm³/mol. The van der Waals surface area contributed by atoms with Crippen LogP contribution in [0.2, 0.25) is 0 Å². The molecule has 0 spiro atoms. The lowest BCUT2D eigenvalue weighted by molar-refractivity contribution is -0.117. The number of anilines is 1. The number of aliphatic hydroxyl groups is 1. The highest BCUT2D eigenvalue weighted by molar-refractivity contribution is 7.22. The zero-order valence-corrected chi connectivity index (χ0v) is 19.5. The number of carbonyl (C=O) groups excluding carboxylic acids is 2. The topological polar surface area (TPSA) is 106 Å². The number of hydrogen-bond donors (Lipinski definition) is 1. The summed E-state index contributed by atoms with van der Waals surface area (Å²) in [5.74, 6) is -0.401. The van der Waals surface area contributed by atoms with Crippen LogP contribution in [0, 0.1) is 6.92 Å². The zero-order valence-electron chi connectivity index (χ0n) is 18.6. The van der Waals surface area contributed by atoms with Crippen molar-refractivity contribution >= 4 is 49.3 Å². The van der Waals surface area contributed by atoms with E-state index in [-0.39, 0.29) is 11.3 Å². The number of amides is 1. The summed E-state index contributed by atoms with van der Waals surface area (Å²) in [6.07, 6.45) is 0. The second-order valence-electron chi connectivity index (χ2n) is 8.10. The summed E-state index contributed by atoms with van der Waals surface area (Å²) in [6.45, 7) is 1.76. The van der Waals surface area contributed by atoms with Crippen molar-refractivity contribution in [1.82, 2.24) is 4.98 Å². The summed E-state index contributed by atoms with van der Waals surface area (Å²) in [5, 5.41) is 12.0. The molecule has 1 atom stereocenters. The van der Waals surface area contributed by atoms with Gasteiger partial charge in [0.15, 0.2) is 16.7 Å². The van der Waals surface area contributed by atoms with Gasteiger partial charge >= 0.3 is 0 Å². The molecule has 174 valence electrons. The van der Waals surface area contributed by atoms with Crippen LogP contribution in [0.1, 0.15) is 28.1 Å². The summed E-state index contributed by atoms with van der Waals surface area (Å²) in [5.41, 5.74) is 1.06. The first kappa shape index (κ1) is 21.2. The van der Waals surface area contributed by atoms with E-state index >= 15 is 0 Å². The number of hydrogen-bond acceptors (Lipinski definition) is 8. The van der Waals surface area contributed by atoms with Gasteiger partial charge in [0.25, 0.3) is 5.91 Å². The third-order valence-electron chi connectivity index (χ3n) is 5.92. The standard InChI is InChI=1S/C26H18N2O6S/c1-13-7-10-18(33-13)22-21(23(29)19-11-14-5-3-4-6-17(14)34-19)24(30)25(31)28(22)26-27-16-9-8-15(32-2)12-20(16)35-26/h3-12,22,30H,1-2H3/t22-/m0/s1. The molecule has 1 amide bonds. The number of carbonyl (C=O) groups is 2. The highest BCUT2D eigenvalue weighted by atomic mass is 32.1. The van der Waals surface area contributed by atoms with E-state index in [1.165, 1.54) is 16.2 Å². The van der Waals surface area contributed by atoms with Crippen molar-refractivity contribution in [3.63, 3.8) is 0 Å². The van der Waals surface area contributed by atoms with Gasteiger partial charge in [-0.3, -0.25) is 14.5 Å². The van der Waals surface area contributed by atoms with Gasteiger partial charge in [-0.25, -0.2) is 4.98 Å². The number of ether oxygens (including phenoxy) is 1. The van der Waals surface area contributed by atoms with Gasteiger partial charge in [-0.1, -0.05) is 29.5 Å². The number of thiazole rings is 1. The van der Waals surface area contributed by atoms with Crippen molar-refractivity contribution in [2.24, 2.45) is 0 Å². The molecule has 0 bridgehead atoms. The summed E-state index contributed by atoms with van der Waals surface area (Å²) >= 11 is 1.25. The van der Waals surface area contributed by atoms with Crippen LogP contribution in [0.5, 0.6) is 5.75 Å². The average molecular weight is 487 g/mol. The van der Waals surface area contributed by atoms with Crippen LogP contribution in [0.25, 0.3) is 21.2 Å². The Balaban J connectivity index is 1.49. The van der Waals surface area contributed by atoms with Gasteiger partial charge in [0, 0.05) is 5.39 Å². The van der Waals surface area contributed by atoms with Crippen LogP contribution in [-0.4, -0.2) is 28.9 Å². The normalized spacial score (nSPS) is 16.1. The molecule has 5 aromatic rings. The number of para-hydroxylation sites is 1. The van der Waals surface area contributed by atoms with E-state index in [9.17, 15) is 14.7 Å². The Morgan fingerprint density at radius 2 is 1.94 bits per heavy atom. The maximum Gasteiger partial charge on any atom is 0.296 e. The van der Waals surface area contributed by atoms with Crippen molar-refractivity contribution in [2.75, 3.05) is 12.0 Å². The lowest BCUT2D eigenvalue weighted by Crippen LogP contribution is -2.30. The molecule has 8 nitrogen and oxygen atoms in total. The lowest BCUT2D eigenvalue weighted by atomic mass is 10.00. The number of rotatable bonds is 5. The van der Waals surface area contributed by atoms with Crippen LogP contribution in [0.15, 0.2) is 80.8 Å². The first-order chi connectivity index (χ1) is 16.9. The Kier molecular flexibility index (Phi) is 4.75. The maximum atomic E-state index is 13.6. The second-order valence-corrected chi connectivity index (χ2v) is 9.11. The minimum Gasteiger partial charge on any atom is -0.503 e. The third-order valence-corrected chi connectivity index (χ3v) is 6.94. The van der Waals surface area contributed by atoms with E-state index in [2.05, 4.69) is 4.98 Å². The quantitative estimate of drug-likeness (QED) is 0.316. The lowest BCUT2D eigenvalue weighted by Gasteiger charge is -2.21. The second kappa shape index (κ2) is 7.85. The summed E-state index contributed by atoms with van der Waals surface area (Å²) in [6, 6.07) is 16.6. The zero-order chi connectivity index (χ0) is 24.3. The van der Waals surface area contributed by atoms with Gasteiger partial charge in [-0.05, 0) is 49.4 Å². The van der Waals surface area contributed by atoms with Gasteiger partial charge in [0.05, 0.1) is 22.9 Å². The smallest absolute Gasteiger partial charge is 0.296 e. The number of ketones is 1. The molecule has 3 aromatic heterocycles. The maximum absolute atomic E-state index is 13.6. The van der Waals surface area contributed by atoms with Crippen LogP contribution in [0.4, 0.5) is 5.13 Å². The molecule has 4 heterocycles. The SMILES string of the molecule is COc1ccc2nc(N3C(=O)C(O)=C(C(=O)c4cc5ccccc5o4)[C@@H]3c3ccc(C)o3)sc2c1. The van der Waals surface area contributed by atoms with Crippen LogP contribution in [0.3, 0.4) is 0 Å². The molecule has 35 heavy (non-hydrogen) atoms. The van der Waals surface area contributed by atoms with Crippen molar-refractivity contribution in [3.8, 4) is 5.75 Å². The largest absolute Gasteiger partial charge is 0.503 e.